The minimum absolute atomic E-state index is 0.717. The summed E-state index contributed by atoms with van der Waals surface area (Å²) in [6.07, 6.45) is 1.07. The highest BCUT2D eigenvalue weighted by atomic mass is 32.1. The molecule has 1 N–H and O–H groups in total. The molecule has 0 unspecified atom stereocenters. The quantitative estimate of drug-likeness (QED) is 0.879. The van der Waals surface area contributed by atoms with Gasteiger partial charge in [0.15, 0.2) is 0 Å². The molecule has 0 aliphatic rings. The van der Waals surface area contributed by atoms with Gasteiger partial charge in [-0.05, 0) is 24.8 Å². The van der Waals surface area contributed by atoms with E-state index in [1.54, 1.807) is 11.3 Å². The minimum atomic E-state index is 0.717. The van der Waals surface area contributed by atoms with Crippen molar-refractivity contribution >= 4 is 23.1 Å². The molecular formula is C14H20N4S. The number of aryl methyl sites for hydroxylation is 1. The van der Waals surface area contributed by atoms with E-state index in [0.717, 1.165) is 37.0 Å². The van der Waals surface area contributed by atoms with E-state index in [-0.39, 0.29) is 0 Å². The summed E-state index contributed by atoms with van der Waals surface area (Å²) in [7, 11) is 2.06. The minimum Gasteiger partial charge on any atom is -0.354 e. The fourth-order valence-electron chi connectivity index (χ4n) is 1.78. The van der Waals surface area contributed by atoms with Crippen molar-refractivity contribution in [3.63, 3.8) is 0 Å². The molecule has 2 rings (SSSR count). The van der Waals surface area contributed by atoms with E-state index in [4.69, 9.17) is 0 Å². The number of hydrogen-bond donors (Lipinski definition) is 1. The molecule has 102 valence electrons. The smallest absolute Gasteiger partial charge is 0.224 e. The predicted molar refractivity (Wildman–Crippen MR) is 82.0 cm³/mol. The van der Waals surface area contributed by atoms with Crippen molar-refractivity contribution in [3.8, 4) is 0 Å². The Balaban J connectivity index is 2.11. The van der Waals surface area contributed by atoms with Crippen molar-refractivity contribution in [1.82, 2.24) is 9.97 Å². The van der Waals surface area contributed by atoms with Crippen LogP contribution in [0, 0.1) is 6.92 Å². The average molecular weight is 276 g/mol. The van der Waals surface area contributed by atoms with Crippen molar-refractivity contribution in [1.29, 1.82) is 0 Å². The van der Waals surface area contributed by atoms with E-state index in [0.29, 0.717) is 0 Å². The number of hydrogen-bond acceptors (Lipinski definition) is 5. The highest BCUT2D eigenvalue weighted by molar-refractivity contribution is 7.09. The molecule has 2 aromatic rings. The van der Waals surface area contributed by atoms with Gasteiger partial charge in [0.1, 0.15) is 5.82 Å². The molecule has 0 fully saturated rings. The standard InChI is InChI=1S/C14H20N4S/c1-4-7-15-14-16-11(2)9-13(17-14)18(3)10-12-6-5-8-19-12/h5-6,8-9H,4,7,10H2,1-3H3,(H,15,16,17). The van der Waals surface area contributed by atoms with Gasteiger partial charge in [-0.2, -0.15) is 4.98 Å². The number of rotatable bonds is 6. The Hall–Kier alpha value is -1.62. The van der Waals surface area contributed by atoms with Crippen LogP contribution in [0.4, 0.5) is 11.8 Å². The van der Waals surface area contributed by atoms with E-state index in [2.05, 4.69) is 51.7 Å². The van der Waals surface area contributed by atoms with Crippen LogP contribution in [0.3, 0.4) is 0 Å². The lowest BCUT2D eigenvalue weighted by atomic mass is 10.3. The van der Waals surface area contributed by atoms with Gasteiger partial charge < -0.3 is 10.2 Å². The van der Waals surface area contributed by atoms with Crippen molar-refractivity contribution in [3.05, 3.63) is 34.2 Å². The van der Waals surface area contributed by atoms with Gasteiger partial charge in [-0.3, -0.25) is 0 Å². The van der Waals surface area contributed by atoms with Crippen LogP contribution in [-0.4, -0.2) is 23.6 Å². The molecule has 0 radical (unpaired) electrons. The first kappa shape index (κ1) is 13.8. The Morgan fingerprint density at radius 3 is 2.89 bits per heavy atom. The van der Waals surface area contributed by atoms with E-state index in [1.807, 2.05) is 13.0 Å². The van der Waals surface area contributed by atoms with E-state index < -0.39 is 0 Å². The highest BCUT2D eigenvalue weighted by Gasteiger charge is 2.07. The molecule has 0 aliphatic heterocycles. The third kappa shape index (κ3) is 3.92. The summed E-state index contributed by atoms with van der Waals surface area (Å²) in [5.41, 5.74) is 0.988. The van der Waals surface area contributed by atoms with Gasteiger partial charge in [-0.1, -0.05) is 13.0 Å². The molecule has 0 atom stereocenters. The van der Waals surface area contributed by atoms with Crippen LogP contribution in [0.5, 0.6) is 0 Å². The molecular weight excluding hydrogens is 256 g/mol. The van der Waals surface area contributed by atoms with E-state index in [1.165, 1.54) is 4.88 Å². The van der Waals surface area contributed by atoms with E-state index >= 15 is 0 Å². The molecule has 4 nitrogen and oxygen atoms in total. The van der Waals surface area contributed by atoms with Crippen LogP contribution in [0.1, 0.15) is 23.9 Å². The second-order valence-corrected chi connectivity index (χ2v) is 5.59. The van der Waals surface area contributed by atoms with Gasteiger partial charge >= 0.3 is 0 Å². The Kier molecular flexibility index (Phi) is 4.74. The van der Waals surface area contributed by atoms with Gasteiger partial charge in [-0.25, -0.2) is 4.98 Å². The van der Waals surface area contributed by atoms with Gasteiger partial charge in [0.05, 0.1) is 6.54 Å². The molecule has 5 heteroatoms. The maximum Gasteiger partial charge on any atom is 0.224 e. The van der Waals surface area contributed by atoms with Crippen molar-refractivity contribution in [2.45, 2.75) is 26.8 Å². The van der Waals surface area contributed by atoms with Gasteiger partial charge in [-0.15, -0.1) is 11.3 Å². The summed E-state index contributed by atoms with van der Waals surface area (Å²) in [6, 6.07) is 6.24. The largest absolute Gasteiger partial charge is 0.354 e. The highest BCUT2D eigenvalue weighted by Crippen LogP contribution is 2.18. The zero-order chi connectivity index (χ0) is 13.7. The Morgan fingerprint density at radius 2 is 2.21 bits per heavy atom. The number of thiophene rings is 1. The van der Waals surface area contributed by atoms with Crippen LogP contribution in [0.25, 0.3) is 0 Å². The Bertz CT molecular complexity index is 510. The van der Waals surface area contributed by atoms with Crippen molar-refractivity contribution in [2.24, 2.45) is 0 Å². The normalized spacial score (nSPS) is 10.5. The zero-order valence-electron chi connectivity index (χ0n) is 11.7. The number of nitrogens with one attached hydrogen (secondary N) is 1. The second kappa shape index (κ2) is 6.52. The lowest BCUT2D eigenvalue weighted by Gasteiger charge is -2.18. The first-order valence-electron chi connectivity index (χ1n) is 6.52. The number of anilines is 2. The molecule has 0 saturated heterocycles. The molecule has 2 heterocycles. The van der Waals surface area contributed by atoms with Crippen molar-refractivity contribution in [2.75, 3.05) is 23.8 Å². The summed E-state index contributed by atoms with van der Waals surface area (Å²) < 4.78 is 0. The summed E-state index contributed by atoms with van der Waals surface area (Å²) in [5, 5.41) is 5.34. The molecule has 2 aromatic heterocycles. The number of aromatic nitrogens is 2. The maximum atomic E-state index is 4.56. The SMILES string of the molecule is CCCNc1nc(C)cc(N(C)Cc2cccs2)n1. The Morgan fingerprint density at radius 1 is 1.37 bits per heavy atom. The fraction of sp³-hybridized carbons (Fsp3) is 0.429. The van der Waals surface area contributed by atoms with Gasteiger partial charge in [0.25, 0.3) is 0 Å². The summed E-state index contributed by atoms with van der Waals surface area (Å²) in [4.78, 5) is 12.4. The summed E-state index contributed by atoms with van der Waals surface area (Å²) in [5.74, 6) is 1.68. The molecule has 19 heavy (non-hydrogen) atoms. The molecule has 0 aromatic carbocycles. The topological polar surface area (TPSA) is 41.1 Å². The average Bonchev–Trinajstić information content (AvgIpc) is 2.88. The molecule has 0 saturated carbocycles. The van der Waals surface area contributed by atoms with Crippen LogP contribution < -0.4 is 10.2 Å². The number of nitrogens with zero attached hydrogens (tertiary/aromatic N) is 3. The maximum absolute atomic E-state index is 4.56. The lowest BCUT2D eigenvalue weighted by Crippen LogP contribution is -2.18. The summed E-state index contributed by atoms with van der Waals surface area (Å²) in [6.45, 7) is 5.91. The van der Waals surface area contributed by atoms with E-state index in [9.17, 15) is 0 Å². The monoisotopic (exact) mass is 276 g/mol. The van der Waals surface area contributed by atoms with Crippen LogP contribution in [-0.2, 0) is 6.54 Å². The van der Waals surface area contributed by atoms with Crippen molar-refractivity contribution < 1.29 is 0 Å². The second-order valence-electron chi connectivity index (χ2n) is 4.55. The lowest BCUT2D eigenvalue weighted by molar-refractivity contribution is 0.889. The van der Waals surface area contributed by atoms with Gasteiger partial charge in [0.2, 0.25) is 5.95 Å². The van der Waals surface area contributed by atoms with Gasteiger partial charge in [0, 0.05) is 30.2 Å². The molecule has 0 spiro atoms. The van der Waals surface area contributed by atoms with Crippen LogP contribution >= 0.6 is 11.3 Å². The van der Waals surface area contributed by atoms with Crippen LogP contribution in [0.2, 0.25) is 0 Å². The molecule has 0 aliphatic carbocycles. The first-order valence-corrected chi connectivity index (χ1v) is 7.40. The molecule has 0 amide bonds. The fourth-order valence-corrected chi connectivity index (χ4v) is 2.54. The third-order valence-corrected chi connectivity index (χ3v) is 3.60. The third-order valence-electron chi connectivity index (χ3n) is 2.74. The zero-order valence-corrected chi connectivity index (χ0v) is 12.5. The van der Waals surface area contributed by atoms with Crippen LogP contribution in [0.15, 0.2) is 23.6 Å². The Labute approximate surface area is 118 Å². The summed E-state index contributed by atoms with van der Waals surface area (Å²) >= 11 is 1.77. The first-order chi connectivity index (χ1) is 9.19. The predicted octanol–water partition coefficient (Wildman–Crippen LogP) is 3.30. The molecule has 0 bridgehead atoms.